The number of halogens is 1. The summed E-state index contributed by atoms with van der Waals surface area (Å²) >= 11 is 0. The Bertz CT molecular complexity index is 1200. The number of rotatable bonds is 4. The van der Waals surface area contributed by atoms with Crippen LogP contribution in [0.25, 0.3) is 0 Å². The van der Waals surface area contributed by atoms with Gasteiger partial charge in [0.2, 0.25) is 0 Å². The van der Waals surface area contributed by atoms with E-state index in [0.29, 0.717) is 29.9 Å². The monoisotopic (exact) mass is 436 g/mol. The molecule has 32 heavy (non-hydrogen) atoms. The molecule has 8 nitrogen and oxygen atoms in total. The normalized spacial score (nSPS) is 18.7. The number of aryl methyl sites for hydroxylation is 1. The molecule has 1 aromatic carbocycles. The lowest BCUT2D eigenvalue weighted by atomic mass is 10.0. The molecule has 1 amide bonds. The molecule has 1 atom stereocenters. The van der Waals surface area contributed by atoms with Gasteiger partial charge in [0, 0.05) is 43.9 Å². The summed E-state index contributed by atoms with van der Waals surface area (Å²) in [4.78, 5) is 37.5. The van der Waals surface area contributed by atoms with E-state index in [1.165, 1.54) is 24.3 Å². The molecule has 5 rings (SSSR count). The molecule has 0 spiro atoms. The minimum atomic E-state index is -0.386. The zero-order valence-corrected chi connectivity index (χ0v) is 17.9. The fraction of sp³-hybridized carbons (Fsp3) is 0.391. The van der Waals surface area contributed by atoms with Crippen LogP contribution in [-0.4, -0.2) is 48.5 Å². The standard InChI is InChI=1S/C23H25FN6O2/c1-28-12-15(11-25-28)13-29-9-2-3-20(29)21-26-19-8-10-30(14-18(19)22(31)27-21)23(32)16-4-6-17(24)7-5-16/h4-7,11-12,20H,2-3,8-10,13-14H2,1H3,(H,26,27,31)/t20-/m1/s1. The van der Waals surface area contributed by atoms with Gasteiger partial charge in [0.1, 0.15) is 11.6 Å². The van der Waals surface area contributed by atoms with Crippen LogP contribution in [0.3, 0.4) is 0 Å². The van der Waals surface area contributed by atoms with Crippen LogP contribution < -0.4 is 5.56 Å². The number of H-pyrrole nitrogens is 1. The molecule has 3 aromatic rings. The number of hydrogen-bond donors (Lipinski definition) is 1. The Balaban J connectivity index is 1.35. The summed E-state index contributed by atoms with van der Waals surface area (Å²) in [5, 5.41) is 4.24. The summed E-state index contributed by atoms with van der Waals surface area (Å²) in [5.74, 6) is 0.106. The van der Waals surface area contributed by atoms with Crippen LogP contribution in [-0.2, 0) is 26.6 Å². The summed E-state index contributed by atoms with van der Waals surface area (Å²) in [5.41, 5.74) is 2.66. The summed E-state index contributed by atoms with van der Waals surface area (Å²) in [6.45, 7) is 2.39. The number of nitrogens with one attached hydrogen (secondary N) is 1. The highest BCUT2D eigenvalue weighted by molar-refractivity contribution is 5.94. The molecular formula is C23H25FN6O2. The lowest BCUT2D eigenvalue weighted by molar-refractivity contribution is 0.0732. The van der Waals surface area contributed by atoms with Crippen molar-refractivity contribution in [3.05, 3.63) is 81.0 Å². The zero-order valence-electron chi connectivity index (χ0n) is 17.9. The van der Waals surface area contributed by atoms with Crippen LogP contribution in [0.5, 0.6) is 0 Å². The molecule has 0 aliphatic carbocycles. The van der Waals surface area contributed by atoms with Crippen molar-refractivity contribution < 1.29 is 9.18 Å². The lowest BCUT2D eigenvalue weighted by Gasteiger charge is -2.29. The Morgan fingerprint density at radius 1 is 1.25 bits per heavy atom. The second-order valence-corrected chi connectivity index (χ2v) is 8.51. The highest BCUT2D eigenvalue weighted by Crippen LogP contribution is 2.31. The Morgan fingerprint density at radius 2 is 2.06 bits per heavy atom. The zero-order chi connectivity index (χ0) is 22.2. The summed E-state index contributed by atoms with van der Waals surface area (Å²) in [7, 11) is 1.90. The van der Waals surface area contributed by atoms with Crippen molar-refractivity contribution >= 4 is 5.91 Å². The first-order valence-corrected chi connectivity index (χ1v) is 10.9. The highest BCUT2D eigenvalue weighted by Gasteiger charge is 2.31. The quantitative estimate of drug-likeness (QED) is 0.678. The minimum Gasteiger partial charge on any atom is -0.334 e. The average molecular weight is 436 g/mol. The van der Waals surface area contributed by atoms with Gasteiger partial charge in [-0.25, -0.2) is 9.37 Å². The first kappa shape index (κ1) is 20.6. The maximum atomic E-state index is 13.2. The van der Waals surface area contributed by atoms with E-state index in [4.69, 9.17) is 4.98 Å². The Labute approximate surface area is 184 Å². The summed E-state index contributed by atoms with van der Waals surface area (Å²) in [6, 6.07) is 5.53. The number of nitrogens with zero attached hydrogens (tertiary/aromatic N) is 5. The first-order valence-electron chi connectivity index (χ1n) is 10.9. The van der Waals surface area contributed by atoms with Crippen LogP contribution in [0.4, 0.5) is 4.39 Å². The fourth-order valence-corrected chi connectivity index (χ4v) is 4.66. The smallest absolute Gasteiger partial charge is 0.256 e. The maximum absolute atomic E-state index is 13.2. The van der Waals surface area contributed by atoms with E-state index >= 15 is 0 Å². The van der Waals surface area contributed by atoms with Crippen molar-refractivity contribution in [3.8, 4) is 0 Å². The van der Waals surface area contributed by atoms with Gasteiger partial charge in [0.05, 0.1) is 30.0 Å². The second kappa shape index (κ2) is 8.31. The molecule has 2 aliphatic rings. The number of likely N-dealkylation sites (tertiary alicyclic amines) is 1. The number of carbonyl (C=O) groups excluding carboxylic acids is 1. The lowest BCUT2D eigenvalue weighted by Crippen LogP contribution is -2.40. The first-order chi connectivity index (χ1) is 15.5. The second-order valence-electron chi connectivity index (χ2n) is 8.51. The van der Waals surface area contributed by atoms with E-state index in [1.807, 2.05) is 19.4 Å². The van der Waals surface area contributed by atoms with Crippen LogP contribution in [0.1, 0.15) is 51.9 Å². The number of carbonyl (C=O) groups is 1. The van der Waals surface area contributed by atoms with E-state index in [0.717, 1.165) is 37.2 Å². The maximum Gasteiger partial charge on any atom is 0.256 e. The molecule has 0 unspecified atom stereocenters. The molecule has 4 heterocycles. The molecule has 0 saturated carbocycles. The van der Waals surface area contributed by atoms with Gasteiger partial charge in [-0.1, -0.05) is 0 Å². The van der Waals surface area contributed by atoms with E-state index in [9.17, 15) is 14.0 Å². The van der Waals surface area contributed by atoms with Crippen molar-refractivity contribution in [2.75, 3.05) is 13.1 Å². The van der Waals surface area contributed by atoms with Crippen LogP contribution >= 0.6 is 0 Å². The SMILES string of the molecule is Cn1cc(CN2CCC[C@@H]2c2nc3c(c(=O)[nH]2)CN(C(=O)c2ccc(F)cc2)CC3)cn1. The van der Waals surface area contributed by atoms with Gasteiger partial charge in [-0.3, -0.25) is 19.2 Å². The molecule has 1 N–H and O–H groups in total. The Kier molecular flexibility index (Phi) is 5.34. The van der Waals surface area contributed by atoms with E-state index in [-0.39, 0.29) is 29.9 Å². The van der Waals surface area contributed by atoms with Gasteiger partial charge in [0.15, 0.2) is 0 Å². The van der Waals surface area contributed by atoms with Gasteiger partial charge < -0.3 is 9.88 Å². The molecule has 166 valence electrons. The minimum absolute atomic E-state index is 0.0621. The fourth-order valence-electron chi connectivity index (χ4n) is 4.66. The predicted octanol–water partition coefficient (Wildman–Crippen LogP) is 2.18. The molecule has 1 fully saturated rings. The van der Waals surface area contributed by atoms with Crippen molar-refractivity contribution in [3.63, 3.8) is 0 Å². The number of fused-ring (bicyclic) bond motifs is 1. The van der Waals surface area contributed by atoms with E-state index in [2.05, 4.69) is 15.0 Å². The van der Waals surface area contributed by atoms with Gasteiger partial charge in [0.25, 0.3) is 11.5 Å². The van der Waals surface area contributed by atoms with Gasteiger partial charge >= 0.3 is 0 Å². The number of hydrogen-bond acceptors (Lipinski definition) is 5. The molecule has 0 bridgehead atoms. The third-order valence-corrected chi connectivity index (χ3v) is 6.29. The van der Waals surface area contributed by atoms with Crippen molar-refractivity contribution in [2.24, 2.45) is 7.05 Å². The topological polar surface area (TPSA) is 87.1 Å². The summed E-state index contributed by atoms with van der Waals surface area (Å²) < 4.78 is 15.0. The van der Waals surface area contributed by atoms with Crippen molar-refractivity contribution in [2.45, 2.75) is 38.4 Å². The average Bonchev–Trinajstić information content (AvgIpc) is 3.42. The number of aromatic nitrogens is 4. The van der Waals surface area contributed by atoms with Crippen LogP contribution in [0.2, 0.25) is 0 Å². The molecule has 9 heteroatoms. The largest absolute Gasteiger partial charge is 0.334 e. The van der Waals surface area contributed by atoms with Crippen molar-refractivity contribution in [1.82, 2.24) is 29.5 Å². The molecule has 2 aliphatic heterocycles. The molecule has 1 saturated heterocycles. The van der Waals surface area contributed by atoms with E-state index in [1.54, 1.807) is 9.58 Å². The molecule has 2 aromatic heterocycles. The highest BCUT2D eigenvalue weighted by atomic mass is 19.1. The van der Waals surface area contributed by atoms with Crippen LogP contribution in [0, 0.1) is 5.82 Å². The predicted molar refractivity (Wildman–Crippen MR) is 115 cm³/mol. The third-order valence-electron chi connectivity index (χ3n) is 6.29. The summed E-state index contributed by atoms with van der Waals surface area (Å²) in [6.07, 6.45) is 6.38. The third kappa shape index (κ3) is 3.95. The Morgan fingerprint density at radius 3 is 2.81 bits per heavy atom. The van der Waals surface area contributed by atoms with Crippen molar-refractivity contribution in [1.29, 1.82) is 0 Å². The number of benzene rings is 1. The van der Waals surface area contributed by atoms with Gasteiger partial charge in [-0.15, -0.1) is 0 Å². The van der Waals surface area contributed by atoms with Gasteiger partial charge in [-0.05, 0) is 43.7 Å². The van der Waals surface area contributed by atoms with Gasteiger partial charge in [-0.2, -0.15) is 5.10 Å². The van der Waals surface area contributed by atoms with E-state index < -0.39 is 0 Å². The van der Waals surface area contributed by atoms with Crippen LogP contribution in [0.15, 0.2) is 41.5 Å². The Hall–Kier alpha value is -3.33. The number of amides is 1. The number of aromatic amines is 1. The molecular weight excluding hydrogens is 411 g/mol. The molecule has 0 radical (unpaired) electrons.